The van der Waals surface area contributed by atoms with Crippen LogP contribution in [0.3, 0.4) is 0 Å². The van der Waals surface area contributed by atoms with Crippen LogP contribution < -0.4 is 5.32 Å². The highest BCUT2D eigenvalue weighted by molar-refractivity contribution is 7.89. The van der Waals surface area contributed by atoms with E-state index in [0.717, 1.165) is 44.4 Å². The van der Waals surface area contributed by atoms with E-state index in [1.54, 1.807) is 24.3 Å². The monoisotopic (exact) mass is 453 g/mol. The van der Waals surface area contributed by atoms with Crippen LogP contribution in [0, 0.1) is 26.7 Å². The van der Waals surface area contributed by atoms with Gasteiger partial charge in [0.25, 0.3) is 0 Å². The van der Waals surface area contributed by atoms with E-state index in [2.05, 4.69) is 5.32 Å². The maximum atomic E-state index is 13.0. The normalized spacial score (nSPS) is 21.4. The smallest absolute Gasteiger partial charge is 0.244 e. The van der Waals surface area contributed by atoms with Gasteiger partial charge in [-0.3, -0.25) is 4.79 Å². The van der Waals surface area contributed by atoms with Gasteiger partial charge in [-0.2, -0.15) is 4.31 Å². The SMILES string of the molecule is O=C(NCC1CCCN(S(=O)(=O)c2ccccc2Cl)C1)[C]1CCCCCCC1.[CH2].[CH2]. The Hall–Kier alpha value is -1.11. The molecule has 0 aromatic heterocycles. The molecular weight excluding hydrogens is 420 g/mol. The number of hydrogen-bond donors (Lipinski definition) is 1. The summed E-state index contributed by atoms with van der Waals surface area (Å²) in [6, 6.07) is 6.56. The molecule has 5 radical (unpaired) electrons. The number of rotatable bonds is 5. The molecule has 1 saturated carbocycles. The van der Waals surface area contributed by atoms with E-state index in [9.17, 15) is 13.2 Å². The molecule has 1 atom stereocenters. The number of halogens is 1. The minimum Gasteiger partial charge on any atom is -0.355 e. The Morgan fingerprint density at radius 1 is 1.03 bits per heavy atom. The summed E-state index contributed by atoms with van der Waals surface area (Å²) in [4.78, 5) is 12.7. The molecule has 0 spiro atoms. The number of carbonyl (C=O) groups is 1. The maximum absolute atomic E-state index is 13.0. The minimum atomic E-state index is -3.61. The number of piperidine rings is 1. The highest BCUT2D eigenvalue weighted by atomic mass is 35.5. The zero-order chi connectivity index (χ0) is 20.0. The first-order chi connectivity index (χ1) is 13.5. The van der Waals surface area contributed by atoms with Crippen molar-refractivity contribution in [3.8, 4) is 0 Å². The van der Waals surface area contributed by atoms with E-state index in [1.165, 1.54) is 23.6 Å². The molecule has 7 heteroatoms. The van der Waals surface area contributed by atoms with Crippen molar-refractivity contribution < 1.29 is 13.2 Å². The maximum Gasteiger partial charge on any atom is 0.244 e. The van der Waals surface area contributed by atoms with E-state index in [-0.39, 0.29) is 36.6 Å². The number of nitrogens with zero attached hydrogens (tertiary/aromatic N) is 1. The number of hydrogen-bond acceptors (Lipinski definition) is 3. The van der Waals surface area contributed by atoms with Crippen LogP contribution in [0.1, 0.15) is 57.8 Å². The van der Waals surface area contributed by atoms with Crippen LogP contribution in [-0.2, 0) is 14.8 Å². The van der Waals surface area contributed by atoms with Crippen molar-refractivity contribution in [2.75, 3.05) is 19.6 Å². The molecule has 1 heterocycles. The van der Waals surface area contributed by atoms with Crippen molar-refractivity contribution in [3.63, 3.8) is 0 Å². The minimum absolute atomic E-state index is 0. The molecule has 1 aliphatic heterocycles. The van der Waals surface area contributed by atoms with Crippen molar-refractivity contribution in [3.05, 3.63) is 50.1 Å². The Kier molecular flexibility index (Phi) is 11.4. The molecule has 1 N–H and O–H groups in total. The van der Waals surface area contributed by atoms with Crippen LogP contribution in [0.5, 0.6) is 0 Å². The standard InChI is InChI=1S/C21H30ClN2O3S.2CH2/c22-19-12-6-7-13-20(19)28(26,27)24-14-8-9-17(16-24)15-23-21(25)18-10-4-2-1-3-5-11-18;;/h6-7,12-13,17H,1-5,8-11,14-16H2,(H,23,25);2*1H2. The molecule has 2 aliphatic rings. The van der Waals surface area contributed by atoms with Crippen molar-refractivity contribution in [1.82, 2.24) is 9.62 Å². The largest absolute Gasteiger partial charge is 0.355 e. The van der Waals surface area contributed by atoms with Crippen LogP contribution in [-0.4, -0.2) is 38.3 Å². The molecule has 30 heavy (non-hydrogen) atoms. The molecule has 167 valence electrons. The zero-order valence-corrected chi connectivity index (χ0v) is 19.3. The van der Waals surface area contributed by atoms with Gasteiger partial charge < -0.3 is 5.32 Å². The lowest BCUT2D eigenvalue weighted by molar-refractivity contribution is -0.120. The number of amides is 1. The third-order valence-corrected chi connectivity index (χ3v) is 8.13. The first-order valence-corrected chi connectivity index (χ1v) is 12.2. The Morgan fingerprint density at radius 2 is 1.67 bits per heavy atom. The van der Waals surface area contributed by atoms with Gasteiger partial charge in [0, 0.05) is 19.6 Å². The highest BCUT2D eigenvalue weighted by Crippen LogP contribution is 2.28. The summed E-state index contributed by atoms with van der Waals surface area (Å²) in [5.74, 6) is 1.20. The third kappa shape index (κ3) is 6.96. The third-order valence-electron chi connectivity index (χ3n) is 5.77. The predicted molar refractivity (Wildman–Crippen MR) is 122 cm³/mol. The average Bonchev–Trinajstić information content (AvgIpc) is 2.66. The van der Waals surface area contributed by atoms with Gasteiger partial charge in [-0.1, -0.05) is 70.7 Å². The van der Waals surface area contributed by atoms with Gasteiger partial charge in [-0.25, -0.2) is 8.42 Å². The van der Waals surface area contributed by atoms with E-state index in [0.29, 0.717) is 19.6 Å². The quantitative estimate of drug-likeness (QED) is 0.694. The lowest BCUT2D eigenvalue weighted by Gasteiger charge is -2.32. The molecule has 1 aliphatic carbocycles. The Bertz CT molecular complexity index is 761. The second-order valence-electron chi connectivity index (χ2n) is 7.88. The predicted octanol–water partition coefficient (Wildman–Crippen LogP) is 4.83. The van der Waals surface area contributed by atoms with E-state index in [4.69, 9.17) is 11.6 Å². The van der Waals surface area contributed by atoms with Crippen molar-refractivity contribution in [2.24, 2.45) is 5.92 Å². The van der Waals surface area contributed by atoms with E-state index < -0.39 is 10.0 Å². The molecule has 1 aromatic rings. The molecular formula is C23H34ClN2O3S. The second-order valence-corrected chi connectivity index (χ2v) is 10.2. The molecule has 3 rings (SSSR count). The van der Waals surface area contributed by atoms with Crippen molar-refractivity contribution in [1.29, 1.82) is 0 Å². The summed E-state index contributed by atoms with van der Waals surface area (Å²) < 4.78 is 27.4. The zero-order valence-electron chi connectivity index (χ0n) is 17.7. The van der Waals surface area contributed by atoms with Crippen molar-refractivity contribution >= 4 is 27.5 Å². The van der Waals surface area contributed by atoms with E-state index in [1.807, 2.05) is 0 Å². The lowest BCUT2D eigenvalue weighted by Crippen LogP contribution is -2.44. The molecule has 2 fully saturated rings. The molecule has 1 amide bonds. The highest BCUT2D eigenvalue weighted by Gasteiger charge is 2.32. The van der Waals surface area contributed by atoms with Gasteiger partial charge in [0.05, 0.1) is 10.9 Å². The van der Waals surface area contributed by atoms with Gasteiger partial charge in [0.15, 0.2) is 0 Å². The van der Waals surface area contributed by atoms with Crippen LogP contribution >= 0.6 is 11.6 Å². The molecule has 0 bridgehead atoms. The number of benzene rings is 1. The Labute approximate surface area is 188 Å². The summed E-state index contributed by atoms with van der Waals surface area (Å²) in [7, 11) is -3.61. The summed E-state index contributed by atoms with van der Waals surface area (Å²) in [5.41, 5.74) is 0. The van der Waals surface area contributed by atoms with Crippen molar-refractivity contribution in [2.45, 2.75) is 62.7 Å². The number of carbonyl (C=O) groups excluding carboxylic acids is 1. The fraction of sp³-hybridized carbons (Fsp3) is 0.565. The topological polar surface area (TPSA) is 66.5 Å². The lowest BCUT2D eigenvalue weighted by atomic mass is 9.90. The van der Waals surface area contributed by atoms with Gasteiger partial charge in [0.2, 0.25) is 15.9 Å². The number of sulfonamides is 1. The molecule has 1 unspecified atom stereocenters. The van der Waals surface area contributed by atoms with Gasteiger partial charge in [-0.15, -0.1) is 0 Å². The van der Waals surface area contributed by atoms with Crippen LogP contribution in [0.15, 0.2) is 29.2 Å². The molecule has 1 aromatic carbocycles. The summed E-state index contributed by atoms with van der Waals surface area (Å²) in [6.07, 6.45) is 9.36. The van der Waals surface area contributed by atoms with Crippen LogP contribution in [0.25, 0.3) is 0 Å². The summed E-state index contributed by atoms with van der Waals surface area (Å²) in [5, 5.41) is 3.32. The molecule has 5 nitrogen and oxygen atoms in total. The first kappa shape index (κ1) is 26.9. The fourth-order valence-electron chi connectivity index (χ4n) is 4.13. The average molecular weight is 454 g/mol. The first-order valence-electron chi connectivity index (χ1n) is 10.4. The van der Waals surface area contributed by atoms with E-state index >= 15 is 0 Å². The second kappa shape index (κ2) is 12.7. The molecule has 1 saturated heterocycles. The van der Waals surface area contributed by atoms with Gasteiger partial charge in [0.1, 0.15) is 4.90 Å². The van der Waals surface area contributed by atoms with Gasteiger partial charge in [-0.05, 0) is 43.7 Å². The number of nitrogens with one attached hydrogen (secondary N) is 1. The fourth-order valence-corrected chi connectivity index (χ4v) is 6.17. The summed E-state index contributed by atoms with van der Waals surface area (Å²) >= 11 is 6.11. The Balaban J connectivity index is 0.00000225. The Morgan fingerprint density at radius 3 is 2.33 bits per heavy atom. The van der Waals surface area contributed by atoms with Crippen LogP contribution in [0.2, 0.25) is 5.02 Å². The van der Waals surface area contributed by atoms with Gasteiger partial charge >= 0.3 is 0 Å². The summed E-state index contributed by atoms with van der Waals surface area (Å²) in [6.45, 7) is 1.44. The van der Waals surface area contributed by atoms with Crippen LogP contribution in [0.4, 0.5) is 0 Å².